The van der Waals surface area contributed by atoms with E-state index in [0.717, 1.165) is 44.1 Å². The fourth-order valence-corrected chi connectivity index (χ4v) is 8.37. The molecule has 0 amide bonds. The van der Waals surface area contributed by atoms with Crippen LogP contribution in [0.5, 0.6) is 0 Å². The molecular formula is C37H45N6S+. The van der Waals surface area contributed by atoms with Crippen LogP contribution in [-0.4, -0.2) is 43.6 Å². The van der Waals surface area contributed by atoms with Crippen LogP contribution in [0, 0.1) is 0 Å². The Morgan fingerprint density at radius 3 is 2.36 bits per heavy atom. The molecule has 1 aliphatic carbocycles. The summed E-state index contributed by atoms with van der Waals surface area (Å²) in [4.78, 5) is 3.75. The summed E-state index contributed by atoms with van der Waals surface area (Å²) in [6.45, 7) is 18.6. The summed E-state index contributed by atoms with van der Waals surface area (Å²) in [7, 11) is 0. The third-order valence-corrected chi connectivity index (χ3v) is 10.8. The number of thioether (sulfide) groups is 1. The smallest absolute Gasteiger partial charge is 0.214 e. The van der Waals surface area contributed by atoms with E-state index in [0.29, 0.717) is 0 Å². The molecule has 228 valence electrons. The Bertz CT molecular complexity index is 1730. The number of hydrogen-bond donors (Lipinski definition) is 0. The van der Waals surface area contributed by atoms with Crippen LogP contribution in [0.15, 0.2) is 99.7 Å². The molecule has 0 saturated carbocycles. The first-order valence-corrected chi connectivity index (χ1v) is 16.9. The molecule has 1 aromatic heterocycles. The van der Waals surface area contributed by atoms with E-state index in [1.54, 1.807) is 11.8 Å². The number of likely N-dealkylation sites (N-methyl/N-ethyl adjacent to an activating group) is 1. The second kappa shape index (κ2) is 12.0. The van der Waals surface area contributed by atoms with E-state index in [2.05, 4.69) is 146 Å². The SMILES string of the molecule is CCN1/C(=C/C=C2\CCCC(/C=C/C3=[N+](CC)c4ccccc4C3(C)C)=C2Sc2nnnn2CC)C(C)(C)c2ccccc21. The molecule has 0 fully saturated rings. The van der Waals surface area contributed by atoms with Gasteiger partial charge in [-0.15, -0.1) is 5.10 Å². The average molecular weight is 606 g/mol. The minimum Gasteiger partial charge on any atom is -0.344 e. The summed E-state index contributed by atoms with van der Waals surface area (Å²) in [5.41, 5.74) is 10.7. The molecular weight excluding hydrogens is 561 g/mol. The second-order valence-electron chi connectivity index (χ2n) is 12.8. The number of hydrogen-bond acceptors (Lipinski definition) is 5. The summed E-state index contributed by atoms with van der Waals surface area (Å²) in [5, 5.41) is 13.5. The van der Waals surface area contributed by atoms with Gasteiger partial charge in [0.05, 0.1) is 5.41 Å². The van der Waals surface area contributed by atoms with Gasteiger partial charge in [-0.05, 0) is 105 Å². The van der Waals surface area contributed by atoms with Crippen LogP contribution in [0.4, 0.5) is 11.4 Å². The molecule has 0 spiro atoms. The molecule has 2 aromatic carbocycles. The zero-order valence-corrected chi connectivity index (χ0v) is 28.1. The molecule has 0 saturated heterocycles. The van der Waals surface area contributed by atoms with Gasteiger partial charge in [0.25, 0.3) is 0 Å². The Balaban J connectivity index is 1.44. The van der Waals surface area contributed by atoms with Crippen molar-refractivity contribution >= 4 is 28.8 Å². The number of fused-ring (bicyclic) bond motifs is 2. The van der Waals surface area contributed by atoms with Crippen LogP contribution in [0.2, 0.25) is 0 Å². The van der Waals surface area contributed by atoms with Gasteiger partial charge in [0, 0.05) is 52.5 Å². The maximum absolute atomic E-state index is 4.42. The van der Waals surface area contributed by atoms with Crippen molar-refractivity contribution < 1.29 is 4.58 Å². The third kappa shape index (κ3) is 5.09. The molecule has 0 bridgehead atoms. The standard InChI is InChI=1S/C37H45N6S/c1-8-41-30-20-13-11-18-28(30)36(4,5)32(41)24-22-26-16-15-17-27(34(26)44-35-38-39-40-43(35)10-3)23-25-33-37(6,7)29-19-12-14-21-31(29)42(33)9-2/h11-14,18-25H,8-10,15-17H2,1-7H3/q+1. The van der Waals surface area contributed by atoms with Crippen molar-refractivity contribution in [1.82, 2.24) is 20.2 Å². The molecule has 0 radical (unpaired) electrons. The maximum atomic E-state index is 4.42. The van der Waals surface area contributed by atoms with Crippen LogP contribution in [0.25, 0.3) is 0 Å². The van der Waals surface area contributed by atoms with Crippen molar-refractivity contribution in [2.45, 2.75) is 90.3 Å². The number of aryl methyl sites for hydroxylation is 1. The number of tetrazole rings is 1. The quantitative estimate of drug-likeness (QED) is 0.241. The van der Waals surface area contributed by atoms with Crippen molar-refractivity contribution in [1.29, 1.82) is 0 Å². The van der Waals surface area contributed by atoms with Gasteiger partial charge in [0.1, 0.15) is 6.54 Å². The topological polar surface area (TPSA) is 49.9 Å². The minimum absolute atomic E-state index is 0.0618. The molecule has 6 nitrogen and oxygen atoms in total. The van der Waals surface area contributed by atoms with Crippen molar-refractivity contribution in [3.05, 3.63) is 106 Å². The molecule has 7 heteroatoms. The molecule has 0 N–H and O–H groups in total. The Morgan fingerprint density at radius 1 is 0.864 bits per heavy atom. The summed E-state index contributed by atoms with van der Waals surface area (Å²) >= 11 is 1.71. The van der Waals surface area contributed by atoms with Crippen molar-refractivity contribution in [2.75, 3.05) is 18.0 Å². The highest BCUT2D eigenvalue weighted by atomic mass is 32.2. The van der Waals surface area contributed by atoms with E-state index >= 15 is 0 Å². The van der Waals surface area contributed by atoms with Crippen LogP contribution in [0.1, 0.15) is 78.9 Å². The molecule has 0 atom stereocenters. The molecule has 6 rings (SSSR count). The Kier molecular flexibility index (Phi) is 8.27. The number of rotatable bonds is 8. The van der Waals surface area contributed by atoms with E-state index in [4.69, 9.17) is 0 Å². The molecule has 3 heterocycles. The van der Waals surface area contributed by atoms with Crippen LogP contribution < -0.4 is 4.90 Å². The Hall–Kier alpha value is -3.71. The van der Waals surface area contributed by atoms with E-state index in [1.165, 1.54) is 50.0 Å². The van der Waals surface area contributed by atoms with E-state index < -0.39 is 0 Å². The van der Waals surface area contributed by atoms with Gasteiger partial charge in [-0.2, -0.15) is 4.58 Å². The lowest BCUT2D eigenvalue weighted by Gasteiger charge is -2.26. The predicted molar refractivity (Wildman–Crippen MR) is 183 cm³/mol. The largest absolute Gasteiger partial charge is 0.344 e. The normalized spacial score (nSPS) is 20.8. The third-order valence-electron chi connectivity index (χ3n) is 9.58. The van der Waals surface area contributed by atoms with Crippen LogP contribution >= 0.6 is 11.8 Å². The van der Waals surface area contributed by atoms with Gasteiger partial charge in [-0.3, -0.25) is 0 Å². The maximum Gasteiger partial charge on any atom is 0.214 e. The first-order valence-electron chi connectivity index (χ1n) is 16.1. The first kappa shape index (κ1) is 30.3. The van der Waals surface area contributed by atoms with Gasteiger partial charge in [0.2, 0.25) is 10.8 Å². The number of allylic oxidation sites excluding steroid dienone is 7. The first-order chi connectivity index (χ1) is 21.2. The zero-order chi connectivity index (χ0) is 31.1. The van der Waals surface area contributed by atoms with Gasteiger partial charge in [0.15, 0.2) is 5.71 Å². The lowest BCUT2D eigenvalue weighted by Crippen LogP contribution is -2.27. The number of para-hydroxylation sites is 2. The second-order valence-corrected chi connectivity index (χ2v) is 13.8. The van der Waals surface area contributed by atoms with Crippen molar-refractivity contribution in [2.24, 2.45) is 0 Å². The average Bonchev–Trinajstić information content (AvgIpc) is 3.64. The lowest BCUT2D eigenvalue weighted by molar-refractivity contribution is -0.433. The molecule has 3 aliphatic rings. The van der Waals surface area contributed by atoms with Crippen LogP contribution in [-0.2, 0) is 17.4 Å². The van der Waals surface area contributed by atoms with Gasteiger partial charge < -0.3 is 4.90 Å². The van der Waals surface area contributed by atoms with Crippen molar-refractivity contribution in [3.8, 4) is 0 Å². The zero-order valence-electron chi connectivity index (χ0n) is 27.3. The lowest BCUT2D eigenvalue weighted by atomic mass is 9.81. The highest BCUT2D eigenvalue weighted by molar-refractivity contribution is 8.03. The van der Waals surface area contributed by atoms with E-state index in [1.807, 2.05) is 4.68 Å². The van der Waals surface area contributed by atoms with Gasteiger partial charge >= 0.3 is 0 Å². The number of benzene rings is 2. The summed E-state index contributed by atoms with van der Waals surface area (Å²) in [6, 6.07) is 17.7. The monoisotopic (exact) mass is 605 g/mol. The van der Waals surface area contributed by atoms with Crippen LogP contribution in [0.3, 0.4) is 0 Å². The summed E-state index contributed by atoms with van der Waals surface area (Å²) < 4.78 is 4.36. The van der Waals surface area contributed by atoms with Gasteiger partial charge in [-0.25, -0.2) is 4.68 Å². The molecule has 2 aliphatic heterocycles. The highest BCUT2D eigenvalue weighted by Crippen LogP contribution is 2.48. The number of anilines is 1. The Morgan fingerprint density at radius 2 is 1.61 bits per heavy atom. The summed E-state index contributed by atoms with van der Waals surface area (Å²) in [6.07, 6.45) is 12.7. The highest BCUT2D eigenvalue weighted by Gasteiger charge is 2.43. The minimum atomic E-state index is -0.0618. The number of nitrogens with zero attached hydrogens (tertiary/aromatic N) is 6. The molecule has 44 heavy (non-hydrogen) atoms. The van der Waals surface area contributed by atoms with Gasteiger partial charge in [-0.1, -0.05) is 62.4 Å². The Labute approximate surface area is 266 Å². The van der Waals surface area contributed by atoms with Crippen molar-refractivity contribution in [3.63, 3.8) is 0 Å². The molecule has 3 aromatic rings. The van der Waals surface area contributed by atoms with E-state index in [-0.39, 0.29) is 10.8 Å². The number of aromatic nitrogens is 4. The fourth-order valence-electron chi connectivity index (χ4n) is 7.23. The fraction of sp³-hybridized carbons (Fsp3) is 0.405. The summed E-state index contributed by atoms with van der Waals surface area (Å²) in [5.74, 6) is 0. The predicted octanol–water partition coefficient (Wildman–Crippen LogP) is 8.50. The molecule has 0 unspecified atom stereocenters. The van der Waals surface area contributed by atoms with E-state index in [9.17, 15) is 0 Å².